The van der Waals surface area contributed by atoms with Crippen LogP contribution in [0.2, 0.25) is 0 Å². The molecule has 2 rings (SSSR count). The van der Waals surface area contributed by atoms with Gasteiger partial charge in [0.25, 0.3) is 0 Å². The normalized spacial score (nSPS) is 13.3. The number of hydrogen-bond acceptors (Lipinski definition) is 2. The maximum Gasteiger partial charge on any atom is 0.416 e. The average Bonchev–Trinajstić information content (AvgIpc) is 2.84. The van der Waals surface area contributed by atoms with Gasteiger partial charge in [0.1, 0.15) is 0 Å². The molecule has 2 aromatic rings. The Hall–Kier alpha value is -1.50. The highest BCUT2D eigenvalue weighted by Crippen LogP contribution is 2.35. The van der Waals surface area contributed by atoms with Crippen molar-refractivity contribution in [3.8, 4) is 0 Å². The molecule has 0 saturated heterocycles. The summed E-state index contributed by atoms with van der Waals surface area (Å²) in [4.78, 5) is 0. The zero-order chi connectivity index (χ0) is 14.0. The molecule has 0 saturated carbocycles. The molecule has 0 bridgehead atoms. The summed E-state index contributed by atoms with van der Waals surface area (Å²) in [5.41, 5.74) is 0.497. The van der Waals surface area contributed by atoms with Gasteiger partial charge in [0.2, 0.25) is 0 Å². The van der Waals surface area contributed by atoms with Crippen LogP contribution >= 0.6 is 15.9 Å². The molecule has 0 fully saturated rings. The lowest BCUT2D eigenvalue weighted by Crippen LogP contribution is -2.10. The van der Waals surface area contributed by atoms with Gasteiger partial charge in [-0.05, 0) is 47.1 Å². The highest BCUT2D eigenvalue weighted by Gasteiger charge is 2.31. The van der Waals surface area contributed by atoms with E-state index in [0.717, 1.165) is 17.8 Å². The second-order valence-electron chi connectivity index (χ2n) is 4.07. The Morgan fingerprint density at radius 1 is 1.32 bits per heavy atom. The summed E-state index contributed by atoms with van der Waals surface area (Å²) in [6.45, 7) is 1.83. The predicted molar refractivity (Wildman–Crippen MR) is 69.8 cm³/mol. The molecule has 2 N–H and O–H groups in total. The Morgan fingerprint density at radius 3 is 2.63 bits per heavy atom. The van der Waals surface area contributed by atoms with Crippen molar-refractivity contribution in [1.82, 2.24) is 10.2 Å². The Morgan fingerprint density at radius 2 is 2.05 bits per heavy atom. The molecule has 0 aliphatic carbocycles. The molecular formula is C12H11BrF3N3. The molecular weight excluding hydrogens is 323 g/mol. The lowest BCUT2D eigenvalue weighted by molar-refractivity contribution is -0.137. The second kappa shape index (κ2) is 5.24. The van der Waals surface area contributed by atoms with E-state index in [4.69, 9.17) is 0 Å². The van der Waals surface area contributed by atoms with Gasteiger partial charge in [-0.2, -0.15) is 18.3 Å². The molecule has 0 amide bonds. The fourth-order valence-electron chi connectivity index (χ4n) is 1.63. The van der Waals surface area contributed by atoms with E-state index < -0.39 is 11.7 Å². The van der Waals surface area contributed by atoms with Crippen LogP contribution in [0.3, 0.4) is 0 Å². The molecule has 1 atom stereocenters. The van der Waals surface area contributed by atoms with Crippen LogP contribution in [0.15, 0.2) is 34.9 Å². The van der Waals surface area contributed by atoms with Gasteiger partial charge >= 0.3 is 6.18 Å². The average molecular weight is 334 g/mol. The standard InChI is InChI=1S/C12H11BrF3N3/c1-7(10-4-5-17-19-10)18-11-6-8(12(14,15)16)2-3-9(11)13/h2-7,18H,1H3,(H,17,19). The third-order valence-corrected chi connectivity index (χ3v) is 3.35. The van der Waals surface area contributed by atoms with Gasteiger partial charge in [-0.25, -0.2) is 0 Å². The van der Waals surface area contributed by atoms with E-state index in [1.54, 1.807) is 12.3 Å². The number of H-pyrrole nitrogens is 1. The summed E-state index contributed by atoms with van der Waals surface area (Å²) in [5.74, 6) is 0. The van der Waals surface area contributed by atoms with Crippen LogP contribution in [-0.2, 0) is 6.18 Å². The van der Waals surface area contributed by atoms with Gasteiger partial charge in [-0.15, -0.1) is 0 Å². The minimum Gasteiger partial charge on any atom is -0.376 e. The number of benzene rings is 1. The van der Waals surface area contributed by atoms with Crippen LogP contribution in [0.25, 0.3) is 0 Å². The molecule has 1 unspecified atom stereocenters. The Bertz CT molecular complexity index is 552. The lowest BCUT2D eigenvalue weighted by Gasteiger charge is -2.16. The molecule has 1 heterocycles. The number of rotatable bonds is 3. The highest BCUT2D eigenvalue weighted by atomic mass is 79.9. The van der Waals surface area contributed by atoms with E-state index in [0.29, 0.717) is 10.2 Å². The van der Waals surface area contributed by atoms with Crippen molar-refractivity contribution in [2.24, 2.45) is 0 Å². The summed E-state index contributed by atoms with van der Waals surface area (Å²) in [6, 6.07) is 5.08. The monoisotopic (exact) mass is 333 g/mol. The van der Waals surface area contributed by atoms with E-state index in [2.05, 4.69) is 31.4 Å². The number of anilines is 1. The number of halogens is 4. The fourth-order valence-corrected chi connectivity index (χ4v) is 1.99. The first kappa shape index (κ1) is 13.9. The molecule has 1 aromatic carbocycles. The van der Waals surface area contributed by atoms with Gasteiger partial charge in [-0.1, -0.05) is 0 Å². The van der Waals surface area contributed by atoms with Crippen molar-refractivity contribution in [1.29, 1.82) is 0 Å². The lowest BCUT2D eigenvalue weighted by atomic mass is 10.1. The van der Waals surface area contributed by atoms with Crippen molar-refractivity contribution in [3.63, 3.8) is 0 Å². The summed E-state index contributed by atoms with van der Waals surface area (Å²) in [6.07, 6.45) is -2.76. The van der Waals surface area contributed by atoms with Crippen LogP contribution < -0.4 is 5.32 Å². The topological polar surface area (TPSA) is 40.7 Å². The Balaban J connectivity index is 2.25. The second-order valence-corrected chi connectivity index (χ2v) is 4.92. The van der Waals surface area contributed by atoms with Crippen LogP contribution in [0.4, 0.5) is 18.9 Å². The van der Waals surface area contributed by atoms with Crippen LogP contribution in [-0.4, -0.2) is 10.2 Å². The quantitative estimate of drug-likeness (QED) is 0.875. The molecule has 102 valence electrons. The molecule has 3 nitrogen and oxygen atoms in total. The largest absolute Gasteiger partial charge is 0.416 e. The summed E-state index contributed by atoms with van der Waals surface area (Å²) in [7, 11) is 0. The number of aromatic amines is 1. The Labute approximate surface area is 116 Å². The zero-order valence-electron chi connectivity index (χ0n) is 9.92. The summed E-state index contributed by atoms with van der Waals surface area (Å²) in [5, 5.41) is 9.59. The number of nitrogens with zero attached hydrogens (tertiary/aromatic N) is 1. The first-order chi connectivity index (χ1) is 8.88. The zero-order valence-corrected chi connectivity index (χ0v) is 11.5. The van der Waals surface area contributed by atoms with Crippen LogP contribution in [0.5, 0.6) is 0 Å². The first-order valence-corrected chi connectivity index (χ1v) is 6.30. The number of alkyl halides is 3. The first-order valence-electron chi connectivity index (χ1n) is 5.50. The van der Waals surface area contributed by atoms with Crippen molar-refractivity contribution in [2.75, 3.05) is 5.32 Å². The minimum absolute atomic E-state index is 0.178. The van der Waals surface area contributed by atoms with Gasteiger partial charge in [0, 0.05) is 16.4 Å². The van der Waals surface area contributed by atoms with E-state index >= 15 is 0 Å². The molecule has 0 spiro atoms. The van der Waals surface area contributed by atoms with E-state index in [-0.39, 0.29) is 6.04 Å². The fraction of sp³-hybridized carbons (Fsp3) is 0.250. The molecule has 7 heteroatoms. The van der Waals surface area contributed by atoms with Crippen molar-refractivity contribution >= 4 is 21.6 Å². The van der Waals surface area contributed by atoms with Gasteiger partial charge in [0.15, 0.2) is 0 Å². The van der Waals surface area contributed by atoms with Crippen LogP contribution in [0.1, 0.15) is 24.2 Å². The third kappa shape index (κ3) is 3.28. The SMILES string of the molecule is CC(Nc1cc(C(F)(F)F)ccc1Br)c1ccn[nH]1. The maximum atomic E-state index is 12.7. The molecule has 1 aromatic heterocycles. The molecule has 0 aliphatic heterocycles. The summed E-state index contributed by atoms with van der Waals surface area (Å²) >= 11 is 3.23. The number of aromatic nitrogens is 2. The van der Waals surface area contributed by atoms with Gasteiger partial charge in [-0.3, -0.25) is 5.10 Å². The Kier molecular flexibility index (Phi) is 3.84. The van der Waals surface area contributed by atoms with E-state index in [1.165, 1.54) is 6.07 Å². The van der Waals surface area contributed by atoms with E-state index in [1.807, 2.05) is 6.92 Å². The highest BCUT2D eigenvalue weighted by molar-refractivity contribution is 9.10. The number of hydrogen-bond donors (Lipinski definition) is 2. The van der Waals surface area contributed by atoms with Crippen molar-refractivity contribution in [2.45, 2.75) is 19.1 Å². The van der Waals surface area contributed by atoms with Crippen LogP contribution in [0, 0.1) is 0 Å². The van der Waals surface area contributed by atoms with Crippen molar-refractivity contribution < 1.29 is 13.2 Å². The van der Waals surface area contributed by atoms with E-state index in [9.17, 15) is 13.2 Å². The predicted octanol–water partition coefficient (Wildman–Crippen LogP) is 4.36. The molecule has 0 aliphatic rings. The van der Waals surface area contributed by atoms with Crippen molar-refractivity contribution in [3.05, 3.63) is 46.2 Å². The summed E-state index contributed by atoms with van der Waals surface area (Å²) < 4.78 is 38.5. The van der Waals surface area contributed by atoms with Gasteiger partial charge in [0.05, 0.1) is 17.3 Å². The molecule has 19 heavy (non-hydrogen) atoms. The van der Waals surface area contributed by atoms with Gasteiger partial charge < -0.3 is 5.32 Å². The number of nitrogens with one attached hydrogen (secondary N) is 2. The maximum absolute atomic E-state index is 12.7. The molecule has 0 radical (unpaired) electrons. The third-order valence-electron chi connectivity index (χ3n) is 2.65. The smallest absolute Gasteiger partial charge is 0.376 e. The minimum atomic E-state index is -4.35.